The van der Waals surface area contributed by atoms with Crippen LogP contribution in [0.25, 0.3) is 0 Å². The molecule has 2 fully saturated rings. The second-order valence-corrected chi connectivity index (χ2v) is 9.47. The lowest BCUT2D eigenvalue weighted by Crippen LogP contribution is -2.54. The van der Waals surface area contributed by atoms with Crippen LogP contribution in [0.1, 0.15) is 31.4 Å². The molecule has 5 atom stereocenters. The monoisotopic (exact) mass is 469 g/mol. The molecule has 0 radical (unpaired) electrons. The van der Waals surface area contributed by atoms with Crippen molar-refractivity contribution in [2.75, 3.05) is 5.32 Å². The van der Waals surface area contributed by atoms with Gasteiger partial charge in [0, 0.05) is 28.4 Å². The fraction of sp³-hybridized carbons (Fsp3) is 0.375. The Bertz CT molecular complexity index is 1200. The highest BCUT2D eigenvalue weighted by Crippen LogP contribution is 2.54. The SMILES string of the molecule is CC[C@@H](C)N1C(=O)[C@H]2[C@@H](C1=O)[C@@]1(N[C@@H]2Cc2ccc(O)c(O)c2)C(=O)Nc2ccc(Cl)cc21. The summed E-state index contributed by atoms with van der Waals surface area (Å²) in [5.41, 5.74) is 0.341. The molecule has 0 unspecified atom stereocenters. The highest BCUT2D eigenvalue weighted by atomic mass is 35.5. The lowest BCUT2D eigenvalue weighted by molar-refractivity contribution is -0.145. The molecule has 0 aliphatic carbocycles. The number of fused-ring (bicyclic) bond motifs is 4. The maximum Gasteiger partial charge on any atom is 0.250 e. The van der Waals surface area contributed by atoms with E-state index in [9.17, 15) is 24.6 Å². The number of carbonyl (C=O) groups excluding carboxylic acids is 3. The third-order valence-corrected chi connectivity index (χ3v) is 7.47. The smallest absolute Gasteiger partial charge is 0.250 e. The molecule has 2 saturated heterocycles. The minimum atomic E-state index is -1.43. The normalized spacial score (nSPS) is 28.9. The number of imide groups is 1. The molecule has 3 amide bonds. The topological polar surface area (TPSA) is 119 Å². The number of hydrogen-bond donors (Lipinski definition) is 4. The number of phenols is 2. The molecule has 172 valence electrons. The van der Waals surface area contributed by atoms with Crippen LogP contribution in [0.15, 0.2) is 36.4 Å². The van der Waals surface area contributed by atoms with Crippen LogP contribution >= 0.6 is 11.6 Å². The second kappa shape index (κ2) is 7.46. The van der Waals surface area contributed by atoms with Crippen LogP contribution in [0.5, 0.6) is 11.5 Å². The molecule has 0 aromatic heterocycles. The summed E-state index contributed by atoms with van der Waals surface area (Å²) in [5, 5.41) is 26.2. The van der Waals surface area contributed by atoms with Crippen LogP contribution in [0, 0.1) is 11.8 Å². The Kier molecular flexibility index (Phi) is 4.91. The van der Waals surface area contributed by atoms with Crippen molar-refractivity contribution in [1.82, 2.24) is 10.2 Å². The van der Waals surface area contributed by atoms with E-state index in [1.807, 2.05) is 13.8 Å². The minimum absolute atomic E-state index is 0.249. The molecule has 1 spiro atoms. The molecule has 4 N–H and O–H groups in total. The molecule has 3 aliphatic heterocycles. The van der Waals surface area contributed by atoms with Crippen molar-refractivity contribution in [3.05, 3.63) is 52.5 Å². The first-order chi connectivity index (χ1) is 15.7. The Balaban J connectivity index is 1.64. The van der Waals surface area contributed by atoms with Crippen molar-refractivity contribution in [3.8, 4) is 11.5 Å². The molecule has 0 bridgehead atoms. The Morgan fingerprint density at radius 2 is 1.85 bits per heavy atom. The number of hydrogen-bond acceptors (Lipinski definition) is 6. The summed E-state index contributed by atoms with van der Waals surface area (Å²) in [4.78, 5) is 42.0. The van der Waals surface area contributed by atoms with E-state index in [0.29, 0.717) is 28.3 Å². The number of carbonyl (C=O) groups is 3. The van der Waals surface area contributed by atoms with Gasteiger partial charge >= 0.3 is 0 Å². The molecule has 5 rings (SSSR count). The van der Waals surface area contributed by atoms with Crippen LogP contribution in [0.3, 0.4) is 0 Å². The molecule has 2 aromatic carbocycles. The van der Waals surface area contributed by atoms with Gasteiger partial charge in [0.25, 0.3) is 0 Å². The molecular weight excluding hydrogens is 446 g/mol. The van der Waals surface area contributed by atoms with Gasteiger partial charge in [0.05, 0.1) is 11.8 Å². The number of anilines is 1. The minimum Gasteiger partial charge on any atom is -0.504 e. The maximum absolute atomic E-state index is 13.7. The maximum atomic E-state index is 13.7. The van der Waals surface area contributed by atoms with Crippen LogP contribution < -0.4 is 10.6 Å². The van der Waals surface area contributed by atoms with Crippen LogP contribution in [0.2, 0.25) is 5.02 Å². The van der Waals surface area contributed by atoms with Gasteiger partial charge in [-0.15, -0.1) is 0 Å². The largest absolute Gasteiger partial charge is 0.504 e. The van der Waals surface area contributed by atoms with E-state index < -0.39 is 29.3 Å². The van der Waals surface area contributed by atoms with E-state index in [0.717, 1.165) is 0 Å². The molecule has 9 heteroatoms. The van der Waals surface area contributed by atoms with Gasteiger partial charge < -0.3 is 15.5 Å². The van der Waals surface area contributed by atoms with Gasteiger partial charge in [-0.2, -0.15) is 0 Å². The number of rotatable bonds is 4. The lowest BCUT2D eigenvalue weighted by atomic mass is 9.76. The zero-order chi connectivity index (χ0) is 23.7. The van der Waals surface area contributed by atoms with Crippen molar-refractivity contribution in [1.29, 1.82) is 0 Å². The zero-order valence-corrected chi connectivity index (χ0v) is 18.9. The number of nitrogens with zero attached hydrogens (tertiary/aromatic N) is 1. The Morgan fingerprint density at radius 1 is 1.09 bits per heavy atom. The highest BCUT2D eigenvalue weighted by molar-refractivity contribution is 6.31. The molecule has 2 aromatic rings. The van der Waals surface area contributed by atoms with Crippen molar-refractivity contribution >= 4 is 35.0 Å². The summed E-state index contributed by atoms with van der Waals surface area (Å²) in [6.07, 6.45) is 0.871. The number of benzene rings is 2. The van der Waals surface area contributed by atoms with Crippen LogP contribution in [0.4, 0.5) is 5.69 Å². The van der Waals surface area contributed by atoms with E-state index in [1.165, 1.54) is 17.0 Å². The van der Waals surface area contributed by atoms with Crippen LogP contribution in [-0.2, 0) is 26.3 Å². The molecule has 8 nitrogen and oxygen atoms in total. The number of amides is 3. The standard InChI is InChI=1S/C24H24ClN3O5/c1-3-11(2)28-21(31)19-16(8-12-4-7-17(29)18(30)9-12)27-24(20(19)22(28)32)14-10-13(25)5-6-15(14)26-23(24)33/h4-7,9-11,16,19-20,27,29-30H,3,8H2,1-2H3,(H,26,33)/t11-,16-,19-,20+,24-/m1/s1. The van der Waals surface area contributed by atoms with Gasteiger partial charge in [0.15, 0.2) is 11.5 Å². The van der Waals surface area contributed by atoms with Gasteiger partial charge in [-0.1, -0.05) is 24.6 Å². The van der Waals surface area contributed by atoms with Crippen molar-refractivity contribution in [2.45, 2.75) is 44.3 Å². The first kappa shape index (κ1) is 21.7. The summed E-state index contributed by atoms with van der Waals surface area (Å²) < 4.78 is 0. The summed E-state index contributed by atoms with van der Waals surface area (Å²) in [7, 11) is 0. The Labute approximate surface area is 195 Å². The summed E-state index contributed by atoms with van der Waals surface area (Å²) in [5.74, 6) is -3.28. The first-order valence-electron chi connectivity index (χ1n) is 11.0. The number of halogens is 1. The number of aromatic hydroxyl groups is 2. The fourth-order valence-electron chi connectivity index (χ4n) is 5.54. The van der Waals surface area contributed by atoms with E-state index in [1.54, 1.807) is 24.3 Å². The number of phenolic OH excluding ortho intramolecular Hbond substituents is 2. The third-order valence-electron chi connectivity index (χ3n) is 7.24. The van der Waals surface area contributed by atoms with Crippen molar-refractivity contribution in [2.24, 2.45) is 11.8 Å². The van der Waals surface area contributed by atoms with E-state index in [2.05, 4.69) is 10.6 Å². The Hall–Kier alpha value is -3.10. The van der Waals surface area contributed by atoms with Gasteiger partial charge in [-0.25, -0.2) is 0 Å². The second-order valence-electron chi connectivity index (χ2n) is 9.04. The van der Waals surface area contributed by atoms with Gasteiger partial charge in [0.1, 0.15) is 5.54 Å². The van der Waals surface area contributed by atoms with Gasteiger partial charge in [-0.05, 0) is 55.7 Å². The molecule has 3 aliphatic rings. The molecular formula is C24H24ClN3O5. The van der Waals surface area contributed by atoms with E-state index in [4.69, 9.17) is 11.6 Å². The summed E-state index contributed by atoms with van der Waals surface area (Å²) >= 11 is 6.26. The number of nitrogens with one attached hydrogen (secondary N) is 2. The van der Waals surface area contributed by atoms with Crippen LogP contribution in [-0.4, -0.2) is 44.9 Å². The highest BCUT2D eigenvalue weighted by Gasteiger charge is 2.70. The molecule has 0 saturated carbocycles. The fourth-order valence-corrected chi connectivity index (χ4v) is 5.71. The first-order valence-corrected chi connectivity index (χ1v) is 11.3. The predicted molar refractivity (Wildman–Crippen MR) is 121 cm³/mol. The van der Waals surface area contributed by atoms with Crippen molar-refractivity contribution < 1.29 is 24.6 Å². The van der Waals surface area contributed by atoms with Crippen molar-refractivity contribution in [3.63, 3.8) is 0 Å². The quantitative estimate of drug-likeness (QED) is 0.403. The van der Waals surface area contributed by atoms with Gasteiger partial charge in [0.2, 0.25) is 17.7 Å². The summed E-state index contributed by atoms with van der Waals surface area (Å²) in [6, 6.07) is 8.60. The molecule has 33 heavy (non-hydrogen) atoms. The Morgan fingerprint density at radius 3 is 2.55 bits per heavy atom. The van der Waals surface area contributed by atoms with E-state index in [-0.39, 0.29) is 35.8 Å². The molecule has 3 heterocycles. The lowest BCUT2D eigenvalue weighted by Gasteiger charge is -2.31. The summed E-state index contributed by atoms with van der Waals surface area (Å²) in [6.45, 7) is 3.73. The third kappa shape index (κ3) is 2.97. The average molecular weight is 470 g/mol. The van der Waals surface area contributed by atoms with Gasteiger partial charge in [-0.3, -0.25) is 24.6 Å². The predicted octanol–water partition coefficient (Wildman–Crippen LogP) is 2.51. The average Bonchev–Trinajstić information content (AvgIpc) is 3.35. The van der Waals surface area contributed by atoms with E-state index >= 15 is 0 Å². The number of likely N-dealkylation sites (tertiary alicyclic amines) is 1. The zero-order valence-electron chi connectivity index (χ0n) is 18.1.